The first-order valence-electron chi connectivity index (χ1n) is 11.0. The summed E-state index contributed by atoms with van der Waals surface area (Å²) in [6.45, 7) is 15.3. The molecule has 0 unspecified atom stereocenters. The van der Waals surface area contributed by atoms with E-state index in [-0.39, 0.29) is 5.91 Å². The second-order valence-corrected chi connectivity index (χ2v) is 9.63. The predicted molar refractivity (Wildman–Crippen MR) is 120 cm³/mol. The molecule has 4 rings (SSSR count). The highest BCUT2D eigenvalue weighted by molar-refractivity contribution is 7.20. The fourth-order valence-corrected chi connectivity index (χ4v) is 5.70. The number of aromatic nitrogens is 2. The molecule has 0 aromatic carbocycles. The Kier molecular flexibility index (Phi) is 6.06. The topological polar surface area (TPSA) is 52.6 Å². The van der Waals surface area contributed by atoms with Crippen LogP contribution in [0.5, 0.6) is 0 Å². The van der Waals surface area contributed by atoms with E-state index < -0.39 is 0 Å². The van der Waals surface area contributed by atoms with Gasteiger partial charge in [-0.3, -0.25) is 9.69 Å². The summed E-state index contributed by atoms with van der Waals surface area (Å²) in [6, 6.07) is 0. The van der Waals surface area contributed by atoms with Crippen LogP contribution in [0.2, 0.25) is 0 Å². The van der Waals surface area contributed by atoms with Gasteiger partial charge in [-0.25, -0.2) is 9.97 Å². The zero-order valence-corrected chi connectivity index (χ0v) is 19.0. The number of rotatable bonds is 4. The molecule has 6 nitrogen and oxygen atoms in total. The van der Waals surface area contributed by atoms with Crippen molar-refractivity contribution in [1.82, 2.24) is 19.8 Å². The van der Waals surface area contributed by atoms with E-state index in [1.54, 1.807) is 11.3 Å². The van der Waals surface area contributed by atoms with Crippen molar-refractivity contribution < 1.29 is 4.79 Å². The molecule has 2 saturated heterocycles. The second-order valence-electron chi connectivity index (χ2n) is 8.63. The SMILES string of the molecule is CCCN1CCN(C(=O)c2sc3nc(C)nc(N4CCC(C)CC4)c3c2C)CC1. The fraction of sp³-hybridized carbons (Fsp3) is 0.682. The molecule has 29 heavy (non-hydrogen) atoms. The van der Waals surface area contributed by atoms with E-state index in [1.807, 2.05) is 11.8 Å². The Hall–Kier alpha value is -1.73. The van der Waals surface area contributed by atoms with E-state index in [0.29, 0.717) is 0 Å². The molecular formula is C22H33N5OS. The Bertz CT molecular complexity index is 879. The van der Waals surface area contributed by atoms with Gasteiger partial charge < -0.3 is 9.80 Å². The molecule has 0 radical (unpaired) electrons. The quantitative estimate of drug-likeness (QED) is 0.762. The number of hydrogen-bond donors (Lipinski definition) is 0. The third-order valence-electron chi connectivity index (χ3n) is 6.36. The number of fused-ring (bicyclic) bond motifs is 1. The van der Waals surface area contributed by atoms with Crippen molar-refractivity contribution in [3.05, 3.63) is 16.3 Å². The van der Waals surface area contributed by atoms with Gasteiger partial charge >= 0.3 is 0 Å². The van der Waals surface area contributed by atoms with Crippen LogP contribution in [-0.2, 0) is 0 Å². The normalized spacial score (nSPS) is 19.3. The minimum absolute atomic E-state index is 0.164. The molecular weight excluding hydrogens is 382 g/mol. The first-order valence-corrected chi connectivity index (χ1v) is 11.8. The van der Waals surface area contributed by atoms with Crippen LogP contribution in [0.4, 0.5) is 5.82 Å². The summed E-state index contributed by atoms with van der Waals surface area (Å²) < 4.78 is 0. The minimum atomic E-state index is 0.164. The maximum absolute atomic E-state index is 13.3. The van der Waals surface area contributed by atoms with Crippen LogP contribution in [0, 0.1) is 19.8 Å². The first-order chi connectivity index (χ1) is 14.0. The lowest BCUT2D eigenvalue weighted by Gasteiger charge is -2.34. The minimum Gasteiger partial charge on any atom is -0.356 e. The predicted octanol–water partition coefficient (Wildman–Crippen LogP) is 3.71. The summed E-state index contributed by atoms with van der Waals surface area (Å²) in [6.07, 6.45) is 3.56. The molecule has 4 heterocycles. The molecule has 2 aromatic heterocycles. The molecule has 2 fully saturated rings. The third kappa shape index (κ3) is 4.12. The van der Waals surface area contributed by atoms with Gasteiger partial charge in [0, 0.05) is 39.3 Å². The fourth-order valence-electron chi connectivity index (χ4n) is 4.51. The van der Waals surface area contributed by atoms with E-state index in [0.717, 1.165) is 84.0 Å². The number of carbonyl (C=O) groups is 1. The van der Waals surface area contributed by atoms with Gasteiger partial charge in [-0.1, -0.05) is 13.8 Å². The Labute approximate surface area is 177 Å². The summed E-state index contributed by atoms with van der Waals surface area (Å²) in [5.74, 6) is 2.76. The summed E-state index contributed by atoms with van der Waals surface area (Å²) in [7, 11) is 0. The Morgan fingerprint density at radius 2 is 1.76 bits per heavy atom. The monoisotopic (exact) mass is 415 g/mol. The molecule has 0 spiro atoms. The van der Waals surface area contributed by atoms with E-state index in [9.17, 15) is 4.79 Å². The third-order valence-corrected chi connectivity index (χ3v) is 7.53. The lowest BCUT2D eigenvalue weighted by Crippen LogP contribution is -2.48. The van der Waals surface area contributed by atoms with Gasteiger partial charge in [-0.05, 0) is 51.1 Å². The van der Waals surface area contributed by atoms with E-state index in [4.69, 9.17) is 9.97 Å². The zero-order valence-electron chi connectivity index (χ0n) is 18.2. The van der Waals surface area contributed by atoms with Crippen LogP contribution in [-0.4, -0.2) is 71.5 Å². The zero-order chi connectivity index (χ0) is 20.5. The highest BCUT2D eigenvalue weighted by Crippen LogP contribution is 2.37. The molecule has 2 aliphatic heterocycles. The summed E-state index contributed by atoms with van der Waals surface area (Å²) in [5, 5.41) is 1.09. The number of hydrogen-bond acceptors (Lipinski definition) is 6. The van der Waals surface area contributed by atoms with Crippen LogP contribution >= 0.6 is 11.3 Å². The van der Waals surface area contributed by atoms with Crippen LogP contribution in [0.1, 0.15) is 54.2 Å². The second kappa shape index (κ2) is 8.56. The van der Waals surface area contributed by atoms with Crippen molar-refractivity contribution in [2.24, 2.45) is 5.92 Å². The molecule has 158 valence electrons. The van der Waals surface area contributed by atoms with Gasteiger partial charge in [0.1, 0.15) is 16.5 Å². The molecule has 2 aromatic rings. The molecule has 0 N–H and O–H groups in total. The van der Waals surface area contributed by atoms with Gasteiger partial charge in [0.05, 0.1) is 10.3 Å². The van der Waals surface area contributed by atoms with Crippen molar-refractivity contribution in [3.8, 4) is 0 Å². The van der Waals surface area contributed by atoms with E-state index >= 15 is 0 Å². The number of nitrogens with zero attached hydrogens (tertiary/aromatic N) is 5. The number of anilines is 1. The van der Waals surface area contributed by atoms with Gasteiger partial charge in [0.15, 0.2) is 0 Å². The van der Waals surface area contributed by atoms with E-state index in [2.05, 4.69) is 30.6 Å². The number of piperazine rings is 1. The number of amides is 1. The van der Waals surface area contributed by atoms with E-state index in [1.165, 1.54) is 19.3 Å². The van der Waals surface area contributed by atoms with Crippen molar-refractivity contribution in [2.75, 3.05) is 50.7 Å². The molecule has 2 aliphatic rings. The summed E-state index contributed by atoms with van der Waals surface area (Å²) >= 11 is 1.55. The molecule has 1 amide bonds. The van der Waals surface area contributed by atoms with Gasteiger partial charge in [0.2, 0.25) is 0 Å². The van der Waals surface area contributed by atoms with Crippen LogP contribution in [0.25, 0.3) is 10.2 Å². The van der Waals surface area contributed by atoms with Gasteiger partial charge in [0.25, 0.3) is 5.91 Å². The van der Waals surface area contributed by atoms with Crippen LogP contribution < -0.4 is 4.90 Å². The van der Waals surface area contributed by atoms with Crippen molar-refractivity contribution >= 4 is 33.3 Å². The first kappa shape index (κ1) is 20.5. The number of carbonyl (C=O) groups excluding carboxylic acids is 1. The lowest BCUT2D eigenvalue weighted by atomic mass is 9.99. The summed E-state index contributed by atoms with van der Waals surface area (Å²) in [4.78, 5) is 31.5. The maximum Gasteiger partial charge on any atom is 0.264 e. The van der Waals surface area contributed by atoms with Crippen molar-refractivity contribution in [3.63, 3.8) is 0 Å². The lowest BCUT2D eigenvalue weighted by molar-refractivity contribution is 0.0642. The van der Waals surface area contributed by atoms with Gasteiger partial charge in [-0.15, -0.1) is 11.3 Å². The molecule has 0 atom stereocenters. The molecule has 7 heteroatoms. The number of piperidine rings is 1. The molecule has 0 saturated carbocycles. The highest BCUT2D eigenvalue weighted by Gasteiger charge is 2.28. The Morgan fingerprint density at radius 3 is 2.41 bits per heavy atom. The number of aryl methyl sites for hydroxylation is 2. The Morgan fingerprint density at radius 1 is 1.07 bits per heavy atom. The van der Waals surface area contributed by atoms with Gasteiger partial charge in [-0.2, -0.15) is 0 Å². The largest absolute Gasteiger partial charge is 0.356 e. The maximum atomic E-state index is 13.3. The average molecular weight is 416 g/mol. The highest BCUT2D eigenvalue weighted by atomic mass is 32.1. The summed E-state index contributed by atoms with van der Waals surface area (Å²) in [5.41, 5.74) is 1.06. The average Bonchev–Trinajstić information content (AvgIpc) is 3.04. The van der Waals surface area contributed by atoms with Crippen LogP contribution in [0.15, 0.2) is 0 Å². The standard InChI is InChI=1S/C22H33N5OS/c1-5-8-25-11-13-27(14-12-25)22(28)19-16(3)18-20(23-17(4)24-21(18)29-19)26-9-6-15(2)7-10-26/h15H,5-14H2,1-4H3. The smallest absolute Gasteiger partial charge is 0.264 e. The van der Waals surface area contributed by atoms with Crippen molar-refractivity contribution in [1.29, 1.82) is 0 Å². The van der Waals surface area contributed by atoms with Crippen molar-refractivity contribution in [2.45, 2.75) is 47.0 Å². The number of thiophene rings is 1. The molecule has 0 aliphatic carbocycles. The van der Waals surface area contributed by atoms with Crippen LogP contribution in [0.3, 0.4) is 0 Å². The Balaban J connectivity index is 1.62. The molecule has 0 bridgehead atoms.